The summed E-state index contributed by atoms with van der Waals surface area (Å²) in [6, 6.07) is 12.8. The molecule has 1 aliphatic rings. The van der Waals surface area contributed by atoms with Gasteiger partial charge in [0.25, 0.3) is 0 Å². The van der Waals surface area contributed by atoms with Crippen LogP contribution in [0.3, 0.4) is 0 Å². The lowest BCUT2D eigenvalue weighted by molar-refractivity contribution is -0.118. The topological polar surface area (TPSA) is 84.7 Å². The zero-order valence-electron chi connectivity index (χ0n) is 17.0. The maximum Gasteiger partial charge on any atom is 0.248 e. The number of hydrogen-bond donors (Lipinski definition) is 2. The number of hydrogen-bond acceptors (Lipinski definition) is 5. The van der Waals surface area contributed by atoms with Crippen LogP contribution >= 0.6 is 11.6 Å². The van der Waals surface area contributed by atoms with Crippen molar-refractivity contribution in [2.75, 3.05) is 5.32 Å². The largest absolute Gasteiger partial charge is 0.373 e. The number of benzene rings is 1. The lowest BCUT2D eigenvalue weighted by Crippen LogP contribution is -2.40. The van der Waals surface area contributed by atoms with E-state index in [0.29, 0.717) is 22.4 Å². The zero-order chi connectivity index (χ0) is 21.3. The molecule has 2 atom stereocenters. The summed E-state index contributed by atoms with van der Waals surface area (Å²) in [4.78, 5) is 17.5. The molecule has 7 nitrogen and oxygen atoms in total. The van der Waals surface area contributed by atoms with Crippen LogP contribution in [0.2, 0.25) is 5.02 Å². The Kier molecular flexibility index (Phi) is 5.55. The second-order valence-corrected chi connectivity index (χ2v) is 8.06. The second kappa shape index (κ2) is 8.28. The Labute approximate surface area is 180 Å². The molecule has 0 spiro atoms. The van der Waals surface area contributed by atoms with E-state index in [9.17, 15) is 4.79 Å². The fraction of sp³-hybridized carbons (Fsp3) is 0.273. The smallest absolute Gasteiger partial charge is 0.248 e. The van der Waals surface area contributed by atoms with Crippen LogP contribution in [-0.2, 0) is 4.79 Å². The molecule has 0 saturated heterocycles. The van der Waals surface area contributed by atoms with Crippen LogP contribution in [0.5, 0.6) is 0 Å². The lowest BCUT2D eigenvalue weighted by Gasteiger charge is -2.17. The average molecular weight is 423 g/mol. The Morgan fingerprint density at radius 3 is 2.70 bits per heavy atom. The molecule has 3 aromatic rings. The van der Waals surface area contributed by atoms with Gasteiger partial charge in [0, 0.05) is 22.7 Å². The Morgan fingerprint density at radius 2 is 1.97 bits per heavy atom. The van der Waals surface area contributed by atoms with Crippen LogP contribution in [0.1, 0.15) is 32.4 Å². The molecule has 2 unspecified atom stereocenters. The number of rotatable bonds is 5. The Balaban J connectivity index is 1.48. The van der Waals surface area contributed by atoms with E-state index in [1.807, 2.05) is 47.9 Å². The number of nitrogens with one attached hydrogen (secondary N) is 2. The van der Waals surface area contributed by atoms with Crippen LogP contribution in [0.15, 0.2) is 54.9 Å². The van der Waals surface area contributed by atoms with Crippen molar-refractivity contribution in [2.24, 2.45) is 5.92 Å². The standard InChI is InChI=1S/C22H23ClN6O/c1-13(2)29-12-24-28-21(29)17-5-4-6-19(25-17)27-22(30)20-14(3)11-18(26-20)15-7-9-16(23)10-8-15/h4-14,20,26H,1-3H3,(H,25,27,30). The highest BCUT2D eigenvalue weighted by Gasteiger charge is 2.30. The van der Waals surface area contributed by atoms with Crippen molar-refractivity contribution in [2.45, 2.75) is 32.9 Å². The molecule has 8 heteroatoms. The molecular formula is C22H23ClN6O. The molecule has 154 valence electrons. The van der Waals surface area contributed by atoms with Crippen LogP contribution in [0.25, 0.3) is 17.2 Å². The first kappa shape index (κ1) is 20.1. The highest BCUT2D eigenvalue weighted by atomic mass is 35.5. The molecule has 0 saturated carbocycles. The third kappa shape index (κ3) is 4.07. The summed E-state index contributed by atoms with van der Waals surface area (Å²) >= 11 is 5.97. The van der Waals surface area contributed by atoms with Gasteiger partial charge in [-0.2, -0.15) is 0 Å². The summed E-state index contributed by atoms with van der Waals surface area (Å²) in [6.45, 7) is 6.11. The van der Waals surface area contributed by atoms with Crippen molar-refractivity contribution in [3.8, 4) is 11.5 Å². The van der Waals surface area contributed by atoms with Gasteiger partial charge in [0.1, 0.15) is 23.9 Å². The van der Waals surface area contributed by atoms with E-state index in [4.69, 9.17) is 11.6 Å². The third-order valence-corrected chi connectivity index (χ3v) is 5.31. The van der Waals surface area contributed by atoms with Crippen molar-refractivity contribution >= 4 is 29.0 Å². The minimum Gasteiger partial charge on any atom is -0.373 e. The van der Waals surface area contributed by atoms with Crippen LogP contribution < -0.4 is 10.6 Å². The number of amides is 1. The molecule has 0 aliphatic carbocycles. The van der Waals surface area contributed by atoms with Gasteiger partial charge in [-0.05, 0) is 43.7 Å². The van der Waals surface area contributed by atoms with E-state index in [1.54, 1.807) is 12.4 Å². The lowest BCUT2D eigenvalue weighted by atomic mass is 10.0. The van der Waals surface area contributed by atoms with E-state index < -0.39 is 0 Å². The van der Waals surface area contributed by atoms with E-state index in [0.717, 1.165) is 11.3 Å². The Morgan fingerprint density at radius 1 is 1.20 bits per heavy atom. The number of pyridine rings is 1. The minimum atomic E-state index is -0.388. The molecule has 0 bridgehead atoms. The molecule has 2 aromatic heterocycles. The van der Waals surface area contributed by atoms with Crippen molar-refractivity contribution in [1.82, 2.24) is 25.1 Å². The van der Waals surface area contributed by atoms with Crippen molar-refractivity contribution < 1.29 is 4.79 Å². The summed E-state index contributed by atoms with van der Waals surface area (Å²) in [5.74, 6) is 1.03. The van der Waals surface area contributed by atoms with Gasteiger partial charge in [0.15, 0.2) is 5.82 Å². The zero-order valence-corrected chi connectivity index (χ0v) is 17.8. The summed E-state index contributed by atoms with van der Waals surface area (Å²) in [6.07, 6.45) is 3.74. The molecule has 1 amide bonds. The molecule has 0 radical (unpaired) electrons. The molecule has 0 fully saturated rings. The van der Waals surface area contributed by atoms with Crippen molar-refractivity contribution in [3.05, 3.63) is 65.5 Å². The molecule has 4 rings (SSSR count). The number of carbonyl (C=O) groups excluding carboxylic acids is 1. The van der Waals surface area contributed by atoms with Gasteiger partial charge in [0.05, 0.1) is 0 Å². The molecular weight excluding hydrogens is 400 g/mol. The summed E-state index contributed by atoms with van der Waals surface area (Å²) in [7, 11) is 0. The van der Waals surface area contributed by atoms with Crippen LogP contribution in [0.4, 0.5) is 5.82 Å². The average Bonchev–Trinajstić information content (AvgIpc) is 3.36. The molecule has 3 heterocycles. The fourth-order valence-electron chi connectivity index (χ4n) is 3.46. The van der Waals surface area contributed by atoms with E-state index in [-0.39, 0.29) is 23.9 Å². The van der Waals surface area contributed by atoms with E-state index >= 15 is 0 Å². The van der Waals surface area contributed by atoms with Crippen LogP contribution in [-0.4, -0.2) is 31.7 Å². The number of nitrogens with zero attached hydrogens (tertiary/aromatic N) is 4. The van der Waals surface area contributed by atoms with Gasteiger partial charge < -0.3 is 15.2 Å². The van der Waals surface area contributed by atoms with E-state index in [1.165, 1.54) is 0 Å². The maximum absolute atomic E-state index is 12.9. The number of aromatic nitrogens is 4. The normalized spacial score (nSPS) is 18.2. The molecule has 30 heavy (non-hydrogen) atoms. The Bertz CT molecular complexity index is 1090. The SMILES string of the molecule is CC1C=C(c2ccc(Cl)cc2)NC1C(=O)Nc1cccc(-c2nncn2C(C)C)n1. The first-order valence-electron chi connectivity index (χ1n) is 9.84. The second-order valence-electron chi connectivity index (χ2n) is 7.62. The first-order chi connectivity index (χ1) is 14.4. The molecule has 1 aliphatic heterocycles. The predicted octanol–water partition coefficient (Wildman–Crippen LogP) is 4.16. The highest BCUT2D eigenvalue weighted by molar-refractivity contribution is 6.30. The molecule has 2 N–H and O–H groups in total. The van der Waals surface area contributed by atoms with Crippen LogP contribution in [0, 0.1) is 5.92 Å². The van der Waals surface area contributed by atoms with Gasteiger partial charge in [-0.3, -0.25) is 4.79 Å². The van der Waals surface area contributed by atoms with Gasteiger partial charge in [-0.15, -0.1) is 10.2 Å². The summed E-state index contributed by atoms with van der Waals surface area (Å²) < 4.78 is 1.94. The quantitative estimate of drug-likeness (QED) is 0.644. The van der Waals surface area contributed by atoms with Gasteiger partial charge >= 0.3 is 0 Å². The predicted molar refractivity (Wildman–Crippen MR) is 118 cm³/mol. The van der Waals surface area contributed by atoms with Gasteiger partial charge in [-0.25, -0.2) is 4.98 Å². The fourth-order valence-corrected chi connectivity index (χ4v) is 3.58. The van der Waals surface area contributed by atoms with Gasteiger partial charge in [-0.1, -0.05) is 42.8 Å². The summed E-state index contributed by atoms with van der Waals surface area (Å²) in [5.41, 5.74) is 2.58. The monoisotopic (exact) mass is 422 g/mol. The van der Waals surface area contributed by atoms with E-state index in [2.05, 4.69) is 45.7 Å². The number of anilines is 1. The number of halogens is 1. The molecule has 1 aromatic carbocycles. The first-order valence-corrected chi connectivity index (χ1v) is 10.2. The summed E-state index contributed by atoms with van der Waals surface area (Å²) in [5, 5.41) is 15.1. The van der Waals surface area contributed by atoms with Crippen molar-refractivity contribution in [1.29, 1.82) is 0 Å². The third-order valence-electron chi connectivity index (χ3n) is 5.06. The maximum atomic E-state index is 12.9. The highest BCUT2D eigenvalue weighted by Crippen LogP contribution is 2.26. The van der Waals surface area contributed by atoms with Crippen molar-refractivity contribution in [3.63, 3.8) is 0 Å². The number of carbonyl (C=O) groups is 1. The van der Waals surface area contributed by atoms with Gasteiger partial charge in [0.2, 0.25) is 5.91 Å². The minimum absolute atomic E-state index is 0.0305. The Hall–Kier alpha value is -3.19.